The molecule has 1 N–H and O–H groups in total. The predicted molar refractivity (Wildman–Crippen MR) is 131 cm³/mol. The molecule has 5 heteroatoms. The maximum absolute atomic E-state index is 13.2. The van der Waals surface area contributed by atoms with Crippen LogP contribution in [0.1, 0.15) is 52.0 Å². The number of nitrogens with one attached hydrogen (secondary N) is 1. The molecule has 0 unspecified atom stereocenters. The Morgan fingerprint density at radius 3 is 2.15 bits per heavy atom. The Bertz CT molecular complexity index is 1070. The normalized spacial score (nSPS) is 13.8. The molecular weight excluding hydrogens is 412 g/mol. The van der Waals surface area contributed by atoms with Crippen LogP contribution in [-0.2, 0) is 6.42 Å². The molecule has 0 spiro atoms. The third kappa shape index (κ3) is 6.01. The number of nitrogens with zero attached hydrogens (tertiary/aromatic N) is 1. The van der Waals surface area contributed by atoms with E-state index in [9.17, 15) is 9.59 Å². The summed E-state index contributed by atoms with van der Waals surface area (Å²) < 4.78 is 5.95. The van der Waals surface area contributed by atoms with Gasteiger partial charge in [0.05, 0.1) is 23.4 Å². The van der Waals surface area contributed by atoms with Crippen molar-refractivity contribution in [2.75, 3.05) is 25.0 Å². The molecule has 1 saturated heterocycles. The maximum atomic E-state index is 13.2. The highest BCUT2D eigenvalue weighted by atomic mass is 16.5. The van der Waals surface area contributed by atoms with Gasteiger partial charge in [0, 0.05) is 19.5 Å². The van der Waals surface area contributed by atoms with Crippen LogP contribution in [-0.4, -0.2) is 36.4 Å². The molecule has 0 bridgehead atoms. The van der Waals surface area contributed by atoms with Gasteiger partial charge in [-0.2, -0.15) is 0 Å². The summed E-state index contributed by atoms with van der Waals surface area (Å²) in [7, 11) is 0. The lowest BCUT2D eigenvalue weighted by Crippen LogP contribution is -2.32. The van der Waals surface area contributed by atoms with Crippen molar-refractivity contribution in [3.05, 3.63) is 95.6 Å². The lowest BCUT2D eigenvalue weighted by atomic mass is 10.1. The Morgan fingerprint density at radius 1 is 0.758 bits per heavy atom. The molecule has 0 radical (unpaired) electrons. The number of carbonyl (C=O) groups excluding carboxylic acids is 2. The van der Waals surface area contributed by atoms with E-state index in [4.69, 9.17) is 4.74 Å². The molecule has 3 aromatic carbocycles. The van der Waals surface area contributed by atoms with Gasteiger partial charge in [0.15, 0.2) is 0 Å². The van der Waals surface area contributed by atoms with Crippen molar-refractivity contribution in [3.63, 3.8) is 0 Å². The summed E-state index contributed by atoms with van der Waals surface area (Å²) in [5, 5.41) is 2.94. The molecule has 0 saturated carbocycles. The first kappa shape index (κ1) is 22.6. The third-order valence-electron chi connectivity index (χ3n) is 5.92. The van der Waals surface area contributed by atoms with Crippen molar-refractivity contribution >= 4 is 17.5 Å². The van der Waals surface area contributed by atoms with Crippen LogP contribution in [0, 0.1) is 0 Å². The summed E-state index contributed by atoms with van der Waals surface area (Å²) in [4.78, 5) is 28.2. The van der Waals surface area contributed by atoms with Gasteiger partial charge in [-0.3, -0.25) is 9.59 Å². The summed E-state index contributed by atoms with van der Waals surface area (Å²) in [5.41, 5.74) is 2.68. The van der Waals surface area contributed by atoms with Gasteiger partial charge in [0.1, 0.15) is 5.75 Å². The fourth-order valence-corrected chi connectivity index (χ4v) is 4.12. The second-order valence-corrected chi connectivity index (χ2v) is 8.29. The first-order valence-electron chi connectivity index (χ1n) is 11.7. The van der Waals surface area contributed by atoms with E-state index >= 15 is 0 Å². The molecule has 33 heavy (non-hydrogen) atoms. The van der Waals surface area contributed by atoms with E-state index in [2.05, 4.69) is 17.4 Å². The van der Waals surface area contributed by atoms with Crippen LogP contribution in [0.25, 0.3) is 0 Å². The molecule has 1 aliphatic heterocycles. The number of carbonyl (C=O) groups is 2. The Morgan fingerprint density at radius 2 is 1.39 bits per heavy atom. The molecule has 170 valence electrons. The van der Waals surface area contributed by atoms with Crippen molar-refractivity contribution in [3.8, 4) is 5.75 Å². The Kier molecular flexibility index (Phi) is 7.75. The number of ether oxygens (including phenoxy) is 1. The molecule has 0 aliphatic carbocycles. The zero-order valence-electron chi connectivity index (χ0n) is 18.8. The van der Waals surface area contributed by atoms with Gasteiger partial charge in [-0.25, -0.2) is 0 Å². The van der Waals surface area contributed by atoms with E-state index in [1.54, 1.807) is 24.3 Å². The molecule has 1 fully saturated rings. The topological polar surface area (TPSA) is 58.6 Å². The lowest BCUT2D eigenvalue weighted by Gasteiger charge is -2.22. The second-order valence-electron chi connectivity index (χ2n) is 8.29. The van der Waals surface area contributed by atoms with E-state index < -0.39 is 0 Å². The smallest absolute Gasteiger partial charge is 0.259 e. The number of para-hydroxylation sites is 2. The fraction of sp³-hybridized carbons (Fsp3) is 0.286. The van der Waals surface area contributed by atoms with Crippen LogP contribution in [0.2, 0.25) is 0 Å². The monoisotopic (exact) mass is 442 g/mol. The molecule has 0 aromatic heterocycles. The highest BCUT2D eigenvalue weighted by Gasteiger charge is 2.21. The lowest BCUT2D eigenvalue weighted by molar-refractivity contribution is 0.0762. The van der Waals surface area contributed by atoms with E-state index in [1.807, 2.05) is 47.4 Å². The fourth-order valence-electron chi connectivity index (χ4n) is 4.12. The number of amides is 2. The third-order valence-corrected chi connectivity index (χ3v) is 5.92. The summed E-state index contributed by atoms with van der Waals surface area (Å²) in [6.07, 6.45) is 5.11. The number of benzene rings is 3. The number of anilines is 1. The molecule has 1 aliphatic rings. The van der Waals surface area contributed by atoms with Gasteiger partial charge in [-0.15, -0.1) is 0 Å². The van der Waals surface area contributed by atoms with Crippen LogP contribution in [0.5, 0.6) is 5.75 Å². The second kappa shape index (κ2) is 11.3. The zero-order valence-corrected chi connectivity index (χ0v) is 18.8. The summed E-state index contributed by atoms with van der Waals surface area (Å²) in [6, 6.07) is 24.5. The van der Waals surface area contributed by atoms with Crippen molar-refractivity contribution < 1.29 is 14.3 Å². The summed E-state index contributed by atoms with van der Waals surface area (Å²) in [6.45, 7) is 2.00. The number of rotatable bonds is 7. The van der Waals surface area contributed by atoms with E-state index in [0.29, 0.717) is 29.2 Å². The SMILES string of the molecule is O=C(Nc1ccccc1C(=O)N1CCCCCC1)c1ccccc1OCCc1ccccc1. The number of hydrogen-bond acceptors (Lipinski definition) is 3. The molecule has 3 aromatic rings. The largest absolute Gasteiger partial charge is 0.492 e. The van der Waals surface area contributed by atoms with E-state index in [0.717, 1.165) is 45.2 Å². The standard InChI is InChI=1S/C28H30N2O3/c31-27(24-15-7-9-17-26(24)33-21-18-22-12-4-3-5-13-22)29-25-16-8-6-14-23(25)28(32)30-19-10-1-2-11-20-30/h3-9,12-17H,1-2,10-11,18-21H2,(H,29,31). The summed E-state index contributed by atoms with van der Waals surface area (Å²) in [5.74, 6) is 0.212. The molecular formula is C28H30N2O3. The molecule has 5 nitrogen and oxygen atoms in total. The Balaban J connectivity index is 1.46. The van der Waals surface area contributed by atoms with Gasteiger partial charge in [0.25, 0.3) is 11.8 Å². The van der Waals surface area contributed by atoms with Gasteiger partial charge in [-0.1, -0.05) is 67.4 Å². The molecule has 2 amide bonds. The first-order chi connectivity index (χ1) is 16.2. The predicted octanol–water partition coefficient (Wildman–Crippen LogP) is 5.58. The molecule has 4 rings (SSSR count). The quantitative estimate of drug-likeness (QED) is 0.520. The number of likely N-dealkylation sites (tertiary alicyclic amines) is 1. The van der Waals surface area contributed by atoms with Crippen LogP contribution in [0.4, 0.5) is 5.69 Å². The van der Waals surface area contributed by atoms with Gasteiger partial charge >= 0.3 is 0 Å². The highest BCUT2D eigenvalue weighted by Crippen LogP contribution is 2.23. The Hall–Kier alpha value is -3.60. The van der Waals surface area contributed by atoms with Crippen LogP contribution >= 0.6 is 0 Å². The maximum Gasteiger partial charge on any atom is 0.259 e. The minimum absolute atomic E-state index is 0.0276. The van der Waals surface area contributed by atoms with Crippen LogP contribution < -0.4 is 10.1 Å². The van der Waals surface area contributed by atoms with Gasteiger partial charge in [-0.05, 0) is 42.7 Å². The van der Waals surface area contributed by atoms with Crippen LogP contribution in [0.15, 0.2) is 78.9 Å². The Labute approximate surface area is 195 Å². The van der Waals surface area contributed by atoms with Crippen molar-refractivity contribution in [2.24, 2.45) is 0 Å². The van der Waals surface area contributed by atoms with Gasteiger partial charge < -0.3 is 15.0 Å². The van der Waals surface area contributed by atoms with Crippen molar-refractivity contribution in [1.82, 2.24) is 4.90 Å². The molecule has 1 heterocycles. The van der Waals surface area contributed by atoms with E-state index in [1.165, 1.54) is 5.56 Å². The first-order valence-corrected chi connectivity index (χ1v) is 11.7. The zero-order chi connectivity index (χ0) is 22.9. The van der Waals surface area contributed by atoms with E-state index in [-0.39, 0.29) is 11.8 Å². The highest BCUT2D eigenvalue weighted by molar-refractivity contribution is 6.10. The van der Waals surface area contributed by atoms with Gasteiger partial charge in [0.2, 0.25) is 0 Å². The minimum Gasteiger partial charge on any atom is -0.492 e. The number of hydrogen-bond donors (Lipinski definition) is 1. The van der Waals surface area contributed by atoms with Crippen molar-refractivity contribution in [1.29, 1.82) is 0 Å². The molecule has 0 atom stereocenters. The average Bonchev–Trinajstić information content (AvgIpc) is 3.15. The minimum atomic E-state index is -0.290. The summed E-state index contributed by atoms with van der Waals surface area (Å²) >= 11 is 0. The van der Waals surface area contributed by atoms with Crippen LogP contribution in [0.3, 0.4) is 0 Å². The average molecular weight is 443 g/mol. The van der Waals surface area contributed by atoms with Crippen molar-refractivity contribution in [2.45, 2.75) is 32.1 Å².